The van der Waals surface area contributed by atoms with Crippen LogP contribution in [0.25, 0.3) is 0 Å². The average molecular weight is 325 g/mol. The summed E-state index contributed by atoms with van der Waals surface area (Å²) in [5, 5.41) is 0. The molecule has 8 heteroatoms. The molecule has 21 heavy (non-hydrogen) atoms. The number of halogens is 3. The van der Waals surface area contributed by atoms with Crippen LogP contribution in [0.4, 0.5) is 13.2 Å². The number of hydrogen-bond acceptors (Lipinski definition) is 3. The second-order valence-electron chi connectivity index (χ2n) is 4.53. The van der Waals surface area contributed by atoms with Gasteiger partial charge in [-0.05, 0) is 18.6 Å². The van der Waals surface area contributed by atoms with Gasteiger partial charge in [0.05, 0.1) is 0 Å². The Labute approximate surface area is 122 Å². The van der Waals surface area contributed by atoms with E-state index in [1.165, 1.54) is 19.2 Å². The SMILES string of the molecule is CCCCCN(C)S(=O)(=O)c1ccccc1OC(F)(F)F. The van der Waals surface area contributed by atoms with Crippen LogP contribution < -0.4 is 4.74 Å². The topological polar surface area (TPSA) is 46.6 Å². The van der Waals surface area contributed by atoms with E-state index in [2.05, 4.69) is 4.74 Å². The van der Waals surface area contributed by atoms with E-state index in [-0.39, 0.29) is 6.54 Å². The van der Waals surface area contributed by atoms with E-state index in [9.17, 15) is 21.6 Å². The van der Waals surface area contributed by atoms with Crippen molar-refractivity contribution in [1.82, 2.24) is 4.31 Å². The molecule has 0 spiro atoms. The van der Waals surface area contributed by atoms with Crippen molar-refractivity contribution in [2.45, 2.75) is 37.4 Å². The molecule has 0 fully saturated rings. The number of unbranched alkanes of at least 4 members (excludes halogenated alkanes) is 2. The van der Waals surface area contributed by atoms with Crippen molar-refractivity contribution in [1.29, 1.82) is 0 Å². The molecule has 0 radical (unpaired) electrons. The molecule has 0 aliphatic rings. The summed E-state index contributed by atoms with van der Waals surface area (Å²) < 4.78 is 66.4. The molecule has 0 bridgehead atoms. The van der Waals surface area contributed by atoms with Gasteiger partial charge in [0.2, 0.25) is 10.0 Å². The van der Waals surface area contributed by atoms with Crippen LogP contribution in [0, 0.1) is 0 Å². The molecule has 1 aromatic rings. The fourth-order valence-corrected chi connectivity index (χ4v) is 3.06. The number of para-hydroxylation sites is 1. The molecule has 0 heterocycles. The Morgan fingerprint density at radius 3 is 2.38 bits per heavy atom. The molecule has 0 saturated heterocycles. The van der Waals surface area contributed by atoms with E-state index >= 15 is 0 Å². The van der Waals surface area contributed by atoms with Crippen molar-refractivity contribution in [3.05, 3.63) is 24.3 Å². The molecule has 1 rings (SSSR count). The number of alkyl halides is 3. The van der Waals surface area contributed by atoms with Gasteiger partial charge in [0.1, 0.15) is 10.6 Å². The lowest BCUT2D eigenvalue weighted by atomic mass is 10.2. The van der Waals surface area contributed by atoms with Crippen molar-refractivity contribution in [2.75, 3.05) is 13.6 Å². The molecule has 0 unspecified atom stereocenters. The summed E-state index contributed by atoms with van der Waals surface area (Å²) in [6, 6.07) is 4.74. The van der Waals surface area contributed by atoms with Gasteiger partial charge in [-0.3, -0.25) is 0 Å². The molecular weight excluding hydrogens is 307 g/mol. The van der Waals surface area contributed by atoms with E-state index in [1.807, 2.05) is 6.92 Å². The summed E-state index contributed by atoms with van der Waals surface area (Å²) in [7, 11) is -2.67. The Morgan fingerprint density at radius 2 is 1.81 bits per heavy atom. The van der Waals surface area contributed by atoms with Crippen LogP contribution in [-0.2, 0) is 10.0 Å². The third-order valence-corrected chi connectivity index (χ3v) is 4.74. The van der Waals surface area contributed by atoms with Crippen LogP contribution in [0.15, 0.2) is 29.2 Å². The minimum Gasteiger partial charge on any atom is -0.404 e. The van der Waals surface area contributed by atoms with Crippen molar-refractivity contribution >= 4 is 10.0 Å². The molecular formula is C13H18F3NO3S. The smallest absolute Gasteiger partial charge is 0.404 e. The zero-order valence-electron chi connectivity index (χ0n) is 11.9. The zero-order valence-corrected chi connectivity index (χ0v) is 12.7. The molecule has 0 aliphatic heterocycles. The summed E-state index contributed by atoms with van der Waals surface area (Å²) in [6.45, 7) is 2.22. The summed E-state index contributed by atoms with van der Waals surface area (Å²) in [5.74, 6) is -0.715. The fraction of sp³-hybridized carbons (Fsp3) is 0.538. The van der Waals surface area contributed by atoms with Gasteiger partial charge in [-0.25, -0.2) is 12.7 Å². The highest BCUT2D eigenvalue weighted by Gasteiger charge is 2.34. The number of rotatable bonds is 7. The molecule has 120 valence electrons. The van der Waals surface area contributed by atoms with Crippen molar-refractivity contribution < 1.29 is 26.3 Å². The third kappa shape index (κ3) is 5.20. The number of sulfonamides is 1. The summed E-state index contributed by atoms with van der Waals surface area (Å²) in [4.78, 5) is -0.485. The maximum atomic E-state index is 12.3. The van der Waals surface area contributed by atoms with E-state index < -0.39 is 27.0 Å². The van der Waals surface area contributed by atoms with Crippen LogP contribution in [0.5, 0.6) is 5.75 Å². The lowest BCUT2D eigenvalue weighted by molar-refractivity contribution is -0.275. The summed E-state index contributed by atoms with van der Waals surface area (Å²) >= 11 is 0. The normalized spacial score (nSPS) is 12.7. The second kappa shape index (κ2) is 7.13. The first-order chi connectivity index (χ1) is 9.68. The predicted octanol–water partition coefficient (Wildman–Crippen LogP) is 3.40. The second-order valence-corrected chi connectivity index (χ2v) is 6.54. The first kappa shape index (κ1) is 17.8. The lowest BCUT2D eigenvalue weighted by Gasteiger charge is -2.19. The van der Waals surface area contributed by atoms with Gasteiger partial charge < -0.3 is 4.74 Å². The van der Waals surface area contributed by atoms with E-state index in [0.29, 0.717) is 6.42 Å². The minimum atomic E-state index is -4.94. The Morgan fingerprint density at radius 1 is 1.19 bits per heavy atom. The van der Waals surface area contributed by atoms with Crippen LogP contribution >= 0.6 is 0 Å². The predicted molar refractivity (Wildman–Crippen MR) is 72.5 cm³/mol. The molecule has 0 amide bonds. The van der Waals surface area contributed by atoms with Crippen molar-refractivity contribution in [3.63, 3.8) is 0 Å². The molecule has 1 aromatic carbocycles. The maximum Gasteiger partial charge on any atom is 0.573 e. The van der Waals surface area contributed by atoms with Gasteiger partial charge in [0, 0.05) is 13.6 Å². The van der Waals surface area contributed by atoms with Crippen LogP contribution in [0.2, 0.25) is 0 Å². The quantitative estimate of drug-likeness (QED) is 0.722. The van der Waals surface area contributed by atoms with Gasteiger partial charge in [0.15, 0.2) is 0 Å². The highest BCUT2D eigenvalue weighted by Crippen LogP contribution is 2.30. The Balaban J connectivity index is 3.02. The van der Waals surface area contributed by atoms with E-state index in [0.717, 1.165) is 29.3 Å². The molecule has 4 nitrogen and oxygen atoms in total. The monoisotopic (exact) mass is 325 g/mol. The van der Waals surface area contributed by atoms with Crippen LogP contribution in [0.1, 0.15) is 26.2 Å². The van der Waals surface area contributed by atoms with Crippen LogP contribution in [-0.4, -0.2) is 32.7 Å². The zero-order chi connectivity index (χ0) is 16.1. The number of ether oxygens (including phenoxy) is 1. The standard InChI is InChI=1S/C13H18F3NO3S/c1-3-4-7-10-17(2)21(18,19)12-9-6-5-8-11(12)20-13(14,15)16/h5-6,8-9H,3-4,7,10H2,1-2H3. The fourth-order valence-electron chi connectivity index (χ4n) is 1.74. The highest BCUT2D eigenvalue weighted by atomic mass is 32.2. The molecule has 0 atom stereocenters. The van der Waals surface area contributed by atoms with Crippen molar-refractivity contribution in [2.24, 2.45) is 0 Å². The molecule has 0 aromatic heterocycles. The Bertz CT molecular complexity index is 558. The first-order valence-electron chi connectivity index (χ1n) is 6.49. The summed E-state index contributed by atoms with van der Waals surface area (Å²) in [6.07, 6.45) is -2.52. The maximum absolute atomic E-state index is 12.3. The highest BCUT2D eigenvalue weighted by molar-refractivity contribution is 7.89. The average Bonchev–Trinajstić information content (AvgIpc) is 2.37. The lowest BCUT2D eigenvalue weighted by Crippen LogP contribution is -2.29. The number of nitrogens with zero attached hydrogens (tertiary/aromatic N) is 1. The molecule has 0 saturated carbocycles. The Hall–Kier alpha value is -1.28. The largest absolute Gasteiger partial charge is 0.573 e. The van der Waals surface area contributed by atoms with Gasteiger partial charge >= 0.3 is 6.36 Å². The van der Waals surface area contributed by atoms with Gasteiger partial charge in [-0.2, -0.15) is 0 Å². The molecule has 0 N–H and O–H groups in total. The Kier molecular flexibility index (Phi) is 6.03. The van der Waals surface area contributed by atoms with Crippen molar-refractivity contribution in [3.8, 4) is 5.75 Å². The van der Waals surface area contributed by atoms with Gasteiger partial charge in [-0.15, -0.1) is 13.2 Å². The third-order valence-electron chi connectivity index (χ3n) is 2.84. The van der Waals surface area contributed by atoms with E-state index in [1.54, 1.807) is 0 Å². The summed E-state index contributed by atoms with van der Waals surface area (Å²) in [5.41, 5.74) is 0. The minimum absolute atomic E-state index is 0.247. The first-order valence-corrected chi connectivity index (χ1v) is 7.93. The van der Waals surface area contributed by atoms with E-state index in [4.69, 9.17) is 0 Å². The molecule has 0 aliphatic carbocycles. The van der Waals surface area contributed by atoms with Gasteiger partial charge in [-0.1, -0.05) is 31.9 Å². The van der Waals surface area contributed by atoms with Gasteiger partial charge in [0.25, 0.3) is 0 Å². The number of hydrogen-bond donors (Lipinski definition) is 0. The van der Waals surface area contributed by atoms with Crippen LogP contribution in [0.3, 0.4) is 0 Å². The number of benzene rings is 1.